The van der Waals surface area contributed by atoms with Crippen LogP contribution >= 0.6 is 0 Å². The molecule has 0 saturated heterocycles. The third-order valence-corrected chi connectivity index (χ3v) is 2.71. The highest BCUT2D eigenvalue weighted by Crippen LogP contribution is 2.20. The highest BCUT2D eigenvalue weighted by atomic mass is 19.1. The van der Waals surface area contributed by atoms with Crippen molar-refractivity contribution in [2.75, 3.05) is 11.9 Å². The number of nitrogens with one attached hydrogen (secondary N) is 1. The van der Waals surface area contributed by atoms with E-state index in [1.165, 1.54) is 12.1 Å². The van der Waals surface area contributed by atoms with E-state index in [4.69, 9.17) is 0 Å². The number of hydrogen-bond acceptors (Lipinski definition) is 3. The molecule has 0 aliphatic rings. The van der Waals surface area contributed by atoms with Crippen LogP contribution in [0.15, 0.2) is 24.3 Å². The highest BCUT2D eigenvalue weighted by molar-refractivity contribution is 5.58. The van der Waals surface area contributed by atoms with E-state index in [0.717, 1.165) is 30.0 Å². The SMILES string of the molecule is CCCNc1cc(C)nc(-c2cc(C)cc(F)c2)n1. The average molecular weight is 259 g/mol. The molecule has 1 heterocycles. The van der Waals surface area contributed by atoms with Crippen LogP contribution in [0.4, 0.5) is 10.2 Å². The third kappa shape index (κ3) is 3.50. The van der Waals surface area contributed by atoms with Gasteiger partial charge in [-0.3, -0.25) is 0 Å². The van der Waals surface area contributed by atoms with Crippen molar-refractivity contribution in [2.24, 2.45) is 0 Å². The van der Waals surface area contributed by atoms with Gasteiger partial charge < -0.3 is 5.32 Å². The lowest BCUT2D eigenvalue weighted by Crippen LogP contribution is -2.04. The first-order valence-corrected chi connectivity index (χ1v) is 6.45. The average Bonchev–Trinajstić information content (AvgIpc) is 2.34. The topological polar surface area (TPSA) is 37.8 Å². The normalized spacial score (nSPS) is 10.5. The Kier molecular flexibility index (Phi) is 4.10. The maximum absolute atomic E-state index is 13.4. The van der Waals surface area contributed by atoms with E-state index >= 15 is 0 Å². The Morgan fingerprint density at radius 3 is 2.58 bits per heavy atom. The van der Waals surface area contributed by atoms with Crippen molar-refractivity contribution >= 4 is 5.82 Å². The summed E-state index contributed by atoms with van der Waals surface area (Å²) in [5.74, 6) is 1.08. The second-order valence-electron chi connectivity index (χ2n) is 4.66. The van der Waals surface area contributed by atoms with E-state index in [2.05, 4.69) is 22.2 Å². The van der Waals surface area contributed by atoms with Crippen molar-refractivity contribution in [1.82, 2.24) is 9.97 Å². The third-order valence-electron chi connectivity index (χ3n) is 2.71. The zero-order valence-electron chi connectivity index (χ0n) is 11.5. The number of aryl methyl sites for hydroxylation is 2. The molecule has 0 spiro atoms. The Labute approximate surface area is 112 Å². The van der Waals surface area contributed by atoms with Gasteiger partial charge >= 0.3 is 0 Å². The van der Waals surface area contributed by atoms with Crippen LogP contribution in [-0.4, -0.2) is 16.5 Å². The van der Waals surface area contributed by atoms with Crippen molar-refractivity contribution in [3.63, 3.8) is 0 Å². The fourth-order valence-corrected chi connectivity index (χ4v) is 1.91. The Hall–Kier alpha value is -1.97. The fraction of sp³-hybridized carbons (Fsp3) is 0.333. The Morgan fingerprint density at radius 1 is 1.11 bits per heavy atom. The van der Waals surface area contributed by atoms with Gasteiger partial charge in [0.1, 0.15) is 11.6 Å². The van der Waals surface area contributed by atoms with E-state index in [1.54, 1.807) is 0 Å². The van der Waals surface area contributed by atoms with E-state index in [0.29, 0.717) is 11.4 Å². The van der Waals surface area contributed by atoms with Gasteiger partial charge in [0.15, 0.2) is 5.82 Å². The summed E-state index contributed by atoms with van der Waals surface area (Å²) in [6.07, 6.45) is 1.03. The van der Waals surface area contributed by atoms with E-state index in [1.807, 2.05) is 26.0 Å². The van der Waals surface area contributed by atoms with Crippen molar-refractivity contribution in [2.45, 2.75) is 27.2 Å². The molecule has 0 radical (unpaired) electrons. The first kappa shape index (κ1) is 13.5. The molecule has 0 saturated carbocycles. The van der Waals surface area contributed by atoms with Gasteiger partial charge in [-0.15, -0.1) is 0 Å². The molecule has 19 heavy (non-hydrogen) atoms. The molecule has 2 rings (SSSR count). The molecule has 100 valence electrons. The minimum Gasteiger partial charge on any atom is -0.370 e. The van der Waals surface area contributed by atoms with E-state index < -0.39 is 0 Å². The summed E-state index contributed by atoms with van der Waals surface area (Å²) in [6, 6.07) is 6.74. The molecule has 3 nitrogen and oxygen atoms in total. The largest absolute Gasteiger partial charge is 0.370 e. The monoisotopic (exact) mass is 259 g/mol. The summed E-state index contributed by atoms with van der Waals surface area (Å²) in [5, 5.41) is 3.23. The quantitative estimate of drug-likeness (QED) is 0.909. The Bertz CT molecular complexity index is 561. The second kappa shape index (κ2) is 5.78. The molecule has 1 aromatic heterocycles. The minimum atomic E-state index is -0.261. The molecule has 0 amide bonds. The molecular weight excluding hydrogens is 241 g/mol. The number of aromatic nitrogens is 2. The molecule has 0 aliphatic carbocycles. The molecule has 1 N–H and O–H groups in total. The smallest absolute Gasteiger partial charge is 0.161 e. The second-order valence-corrected chi connectivity index (χ2v) is 4.66. The molecule has 0 bridgehead atoms. The van der Waals surface area contributed by atoms with Crippen molar-refractivity contribution in [1.29, 1.82) is 0 Å². The minimum absolute atomic E-state index is 0.261. The highest BCUT2D eigenvalue weighted by Gasteiger charge is 2.07. The zero-order chi connectivity index (χ0) is 13.8. The lowest BCUT2D eigenvalue weighted by atomic mass is 10.1. The van der Waals surface area contributed by atoms with E-state index in [9.17, 15) is 4.39 Å². The van der Waals surface area contributed by atoms with Gasteiger partial charge in [-0.25, -0.2) is 14.4 Å². The molecule has 0 fully saturated rings. The van der Waals surface area contributed by atoms with Crippen LogP contribution in [0, 0.1) is 19.7 Å². The maximum Gasteiger partial charge on any atom is 0.161 e. The van der Waals surface area contributed by atoms with Gasteiger partial charge in [0.05, 0.1) is 0 Å². The Morgan fingerprint density at radius 2 is 1.89 bits per heavy atom. The molecular formula is C15H18FN3. The summed E-state index contributed by atoms with van der Waals surface area (Å²) in [4.78, 5) is 8.81. The number of rotatable bonds is 4. The van der Waals surface area contributed by atoms with Crippen LogP contribution in [0.3, 0.4) is 0 Å². The summed E-state index contributed by atoms with van der Waals surface area (Å²) in [7, 11) is 0. The van der Waals surface area contributed by atoms with Crippen LogP contribution in [-0.2, 0) is 0 Å². The van der Waals surface area contributed by atoms with Crippen LogP contribution in [0.25, 0.3) is 11.4 Å². The summed E-state index contributed by atoms with van der Waals surface area (Å²) < 4.78 is 13.4. The van der Waals surface area contributed by atoms with Gasteiger partial charge in [0.25, 0.3) is 0 Å². The summed E-state index contributed by atoms with van der Waals surface area (Å²) in [5.41, 5.74) is 2.44. The van der Waals surface area contributed by atoms with Crippen LogP contribution in [0.1, 0.15) is 24.6 Å². The lowest BCUT2D eigenvalue weighted by Gasteiger charge is -2.08. The summed E-state index contributed by atoms with van der Waals surface area (Å²) in [6.45, 7) is 6.73. The van der Waals surface area contributed by atoms with Crippen LogP contribution in [0.2, 0.25) is 0 Å². The number of halogens is 1. The number of nitrogens with zero attached hydrogens (tertiary/aromatic N) is 2. The van der Waals surface area contributed by atoms with Gasteiger partial charge in [-0.1, -0.05) is 6.92 Å². The van der Waals surface area contributed by atoms with Gasteiger partial charge in [0.2, 0.25) is 0 Å². The maximum atomic E-state index is 13.4. The standard InChI is InChI=1S/C15H18FN3/c1-4-5-17-14-8-11(3)18-15(19-14)12-6-10(2)7-13(16)9-12/h6-9H,4-5H2,1-3H3,(H,17,18,19). The molecule has 2 aromatic rings. The van der Waals surface area contributed by atoms with Crippen molar-refractivity contribution in [3.05, 3.63) is 41.3 Å². The number of benzene rings is 1. The Balaban J connectivity index is 2.40. The van der Waals surface area contributed by atoms with Gasteiger partial charge in [-0.2, -0.15) is 0 Å². The van der Waals surface area contributed by atoms with Crippen LogP contribution in [0.5, 0.6) is 0 Å². The molecule has 0 atom stereocenters. The van der Waals surface area contributed by atoms with Crippen molar-refractivity contribution < 1.29 is 4.39 Å². The molecule has 0 unspecified atom stereocenters. The van der Waals surface area contributed by atoms with Gasteiger partial charge in [0, 0.05) is 23.9 Å². The molecule has 0 aliphatic heterocycles. The zero-order valence-corrected chi connectivity index (χ0v) is 11.5. The first-order chi connectivity index (χ1) is 9.08. The van der Waals surface area contributed by atoms with E-state index in [-0.39, 0.29) is 5.82 Å². The lowest BCUT2D eigenvalue weighted by molar-refractivity contribution is 0.627. The van der Waals surface area contributed by atoms with Crippen LogP contribution < -0.4 is 5.32 Å². The van der Waals surface area contributed by atoms with Crippen molar-refractivity contribution in [3.8, 4) is 11.4 Å². The predicted octanol–water partition coefficient (Wildman–Crippen LogP) is 3.72. The molecule has 4 heteroatoms. The first-order valence-electron chi connectivity index (χ1n) is 6.45. The summed E-state index contributed by atoms with van der Waals surface area (Å²) >= 11 is 0. The number of hydrogen-bond donors (Lipinski definition) is 1. The molecule has 1 aromatic carbocycles. The van der Waals surface area contributed by atoms with Gasteiger partial charge in [-0.05, 0) is 44.0 Å². The number of anilines is 1. The fourth-order valence-electron chi connectivity index (χ4n) is 1.91. The predicted molar refractivity (Wildman–Crippen MR) is 75.7 cm³/mol.